The molecule has 2 aromatic rings. The van der Waals surface area contributed by atoms with Gasteiger partial charge in [0.05, 0.1) is 4.90 Å². The number of rotatable bonds is 3. The van der Waals surface area contributed by atoms with Crippen LogP contribution >= 0.6 is 15.9 Å². The van der Waals surface area contributed by atoms with Crippen LogP contribution in [0.3, 0.4) is 0 Å². The Morgan fingerprint density at radius 3 is 2.57 bits per heavy atom. The normalized spacial score (nSPS) is 11.4. The van der Waals surface area contributed by atoms with Crippen LogP contribution < -0.4 is 10.5 Å². The van der Waals surface area contributed by atoms with Crippen molar-refractivity contribution in [3.8, 4) is 0 Å². The highest BCUT2D eigenvalue weighted by molar-refractivity contribution is 9.10. The zero-order chi connectivity index (χ0) is 15.8. The van der Waals surface area contributed by atoms with E-state index in [4.69, 9.17) is 5.73 Å². The smallest absolute Gasteiger partial charge is 0.263 e. The molecule has 1 aromatic heterocycles. The number of hydrogen-bond acceptors (Lipinski definition) is 4. The van der Waals surface area contributed by atoms with Gasteiger partial charge in [-0.15, -0.1) is 0 Å². The van der Waals surface area contributed by atoms with Crippen molar-refractivity contribution in [3.05, 3.63) is 45.8 Å². The molecule has 1 heterocycles. The monoisotopic (exact) mass is 373 g/mol. The van der Waals surface area contributed by atoms with Crippen molar-refractivity contribution in [1.29, 1.82) is 0 Å². The number of nitrogens with two attached hydrogens (primary N) is 1. The van der Waals surface area contributed by atoms with Gasteiger partial charge in [-0.1, -0.05) is 0 Å². The van der Waals surface area contributed by atoms with Gasteiger partial charge in [0.2, 0.25) is 0 Å². The Labute approximate surface area is 130 Å². The predicted molar refractivity (Wildman–Crippen MR) is 83.0 cm³/mol. The summed E-state index contributed by atoms with van der Waals surface area (Å²) in [6.07, 6.45) is 1.47. The number of benzene rings is 1. The number of pyridine rings is 1. The Kier molecular flexibility index (Phi) is 4.20. The summed E-state index contributed by atoms with van der Waals surface area (Å²) >= 11 is 3.25. The number of sulfonamides is 1. The lowest BCUT2D eigenvalue weighted by molar-refractivity contribution is 0.591. The van der Waals surface area contributed by atoms with Gasteiger partial charge in [-0.2, -0.15) is 0 Å². The molecule has 0 spiro atoms. The van der Waals surface area contributed by atoms with Crippen LogP contribution in [0, 0.1) is 19.7 Å². The molecule has 0 radical (unpaired) electrons. The lowest BCUT2D eigenvalue weighted by Gasteiger charge is -2.12. The summed E-state index contributed by atoms with van der Waals surface area (Å²) in [6, 6.07) is 4.02. The minimum Gasteiger partial charge on any atom is -0.399 e. The molecule has 8 heteroatoms. The fourth-order valence-corrected chi connectivity index (χ4v) is 3.60. The minimum absolute atomic E-state index is 0.00599. The first kappa shape index (κ1) is 15.7. The van der Waals surface area contributed by atoms with Crippen LogP contribution in [-0.4, -0.2) is 13.4 Å². The van der Waals surface area contributed by atoms with E-state index in [9.17, 15) is 12.8 Å². The molecule has 0 bridgehead atoms. The Hall–Kier alpha value is -1.67. The number of nitrogens with zero attached hydrogens (tertiary/aromatic N) is 1. The van der Waals surface area contributed by atoms with Gasteiger partial charge in [0, 0.05) is 21.9 Å². The highest BCUT2D eigenvalue weighted by Crippen LogP contribution is 2.25. The largest absolute Gasteiger partial charge is 0.399 e. The van der Waals surface area contributed by atoms with E-state index in [-0.39, 0.29) is 22.0 Å². The predicted octanol–water partition coefficient (Wildman–Crippen LogP) is 2.98. The van der Waals surface area contributed by atoms with Gasteiger partial charge in [0.1, 0.15) is 11.6 Å². The number of hydrogen-bond donors (Lipinski definition) is 2. The maximum Gasteiger partial charge on any atom is 0.263 e. The van der Waals surface area contributed by atoms with Gasteiger partial charge in [0.25, 0.3) is 10.0 Å². The third kappa shape index (κ3) is 3.33. The first-order valence-electron chi connectivity index (χ1n) is 5.91. The summed E-state index contributed by atoms with van der Waals surface area (Å²) in [7, 11) is -3.97. The van der Waals surface area contributed by atoms with Gasteiger partial charge in [-0.3, -0.25) is 4.72 Å². The van der Waals surface area contributed by atoms with E-state index in [2.05, 4.69) is 25.6 Å². The maximum atomic E-state index is 13.6. The molecule has 0 fully saturated rings. The van der Waals surface area contributed by atoms with Gasteiger partial charge < -0.3 is 5.73 Å². The van der Waals surface area contributed by atoms with E-state index in [0.29, 0.717) is 5.56 Å². The summed E-state index contributed by atoms with van der Waals surface area (Å²) in [5.74, 6) is -0.490. The van der Waals surface area contributed by atoms with E-state index >= 15 is 0 Å². The van der Waals surface area contributed by atoms with Crippen molar-refractivity contribution in [1.82, 2.24) is 4.98 Å². The molecule has 5 nitrogen and oxygen atoms in total. The fourth-order valence-electron chi connectivity index (χ4n) is 1.78. The van der Waals surface area contributed by atoms with Gasteiger partial charge in [-0.05, 0) is 53.5 Å². The molecule has 2 rings (SSSR count). The molecule has 21 heavy (non-hydrogen) atoms. The zero-order valence-corrected chi connectivity index (χ0v) is 13.7. The molecular weight excluding hydrogens is 361 g/mol. The second kappa shape index (κ2) is 5.61. The average molecular weight is 374 g/mol. The summed E-state index contributed by atoms with van der Waals surface area (Å²) in [5, 5.41) is 0. The molecule has 0 saturated heterocycles. The molecule has 0 aliphatic carbocycles. The Morgan fingerprint density at radius 2 is 1.95 bits per heavy atom. The molecule has 0 saturated carbocycles. The molecule has 3 N–H and O–H groups in total. The summed E-state index contributed by atoms with van der Waals surface area (Å²) in [5.41, 5.74) is 6.20. The standard InChI is InChI=1S/C13H13BrFN3O2S/c1-7-3-9(14)6-17-13(7)18-21(19,20)12-5-10(16)4-11(15)8(12)2/h3-6H,16H2,1-2H3,(H,17,18). The van der Waals surface area contributed by atoms with Crippen molar-refractivity contribution in [2.45, 2.75) is 18.7 Å². The van der Waals surface area contributed by atoms with Crippen LogP contribution in [0.4, 0.5) is 15.9 Å². The van der Waals surface area contributed by atoms with Crippen LogP contribution in [-0.2, 0) is 10.0 Å². The number of nitrogens with one attached hydrogen (secondary N) is 1. The van der Waals surface area contributed by atoms with E-state index in [1.54, 1.807) is 13.0 Å². The molecule has 0 amide bonds. The summed E-state index contributed by atoms with van der Waals surface area (Å²) in [6.45, 7) is 3.09. The lowest BCUT2D eigenvalue weighted by atomic mass is 10.2. The summed E-state index contributed by atoms with van der Waals surface area (Å²) in [4.78, 5) is 3.80. The Balaban J connectivity index is 2.48. The average Bonchev–Trinajstić information content (AvgIpc) is 2.37. The van der Waals surface area contributed by atoms with Gasteiger partial charge in [-0.25, -0.2) is 17.8 Å². The van der Waals surface area contributed by atoms with E-state index in [1.807, 2.05) is 0 Å². The second-order valence-corrected chi connectivity index (χ2v) is 7.12. The summed E-state index contributed by atoms with van der Waals surface area (Å²) < 4.78 is 41.5. The zero-order valence-electron chi connectivity index (χ0n) is 11.3. The number of aryl methyl sites for hydroxylation is 1. The highest BCUT2D eigenvalue weighted by Gasteiger charge is 2.21. The highest BCUT2D eigenvalue weighted by atomic mass is 79.9. The van der Waals surface area contributed by atoms with Crippen molar-refractivity contribution in [3.63, 3.8) is 0 Å². The Morgan fingerprint density at radius 1 is 1.29 bits per heavy atom. The van der Waals surface area contributed by atoms with Crippen molar-refractivity contribution >= 4 is 37.5 Å². The molecule has 0 atom stereocenters. The van der Waals surface area contributed by atoms with E-state index in [0.717, 1.165) is 10.5 Å². The SMILES string of the molecule is Cc1cc(Br)cnc1NS(=O)(=O)c1cc(N)cc(F)c1C. The second-order valence-electron chi connectivity index (χ2n) is 4.55. The molecule has 0 aliphatic rings. The van der Waals surface area contributed by atoms with Gasteiger partial charge >= 0.3 is 0 Å². The Bertz CT molecular complexity index is 809. The van der Waals surface area contributed by atoms with Crippen molar-refractivity contribution < 1.29 is 12.8 Å². The quantitative estimate of drug-likeness (QED) is 0.809. The number of nitrogen functional groups attached to an aromatic ring is 1. The molecule has 1 aromatic carbocycles. The minimum atomic E-state index is -3.97. The topological polar surface area (TPSA) is 85.1 Å². The first-order valence-corrected chi connectivity index (χ1v) is 8.19. The van der Waals surface area contributed by atoms with E-state index in [1.165, 1.54) is 19.2 Å². The maximum absolute atomic E-state index is 13.6. The lowest BCUT2D eigenvalue weighted by Crippen LogP contribution is -2.17. The van der Waals surface area contributed by atoms with Crippen LogP contribution in [0.5, 0.6) is 0 Å². The fraction of sp³-hybridized carbons (Fsp3) is 0.154. The molecular formula is C13H13BrFN3O2S. The number of halogens is 2. The van der Waals surface area contributed by atoms with Crippen molar-refractivity contribution in [2.24, 2.45) is 0 Å². The van der Waals surface area contributed by atoms with Crippen molar-refractivity contribution in [2.75, 3.05) is 10.5 Å². The molecule has 0 aliphatic heterocycles. The third-order valence-electron chi connectivity index (χ3n) is 2.88. The number of aromatic nitrogens is 1. The van der Waals surface area contributed by atoms with Gasteiger partial charge in [0.15, 0.2) is 0 Å². The first-order chi connectivity index (χ1) is 9.70. The van der Waals surface area contributed by atoms with Crippen LogP contribution in [0.25, 0.3) is 0 Å². The van der Waals surface area contributed by atoms with Crippen LogP contribution in [0.2, 0.25) is 0 Å². The van der Waals surface area contributed by atoms with E-state index < -0.39 is 15.8 Å². The third-order valence-corrected chi connectivity index (χ3v) is 4.78. The molecule has 112 valence electrons. The van der Waals surface area contributed by atoms with Crippen LogP contribution in [0.1, 0.15) is 11.1 Å². The molecule has 0 unspecified atom stereocenters. The van der Waals surface area contributed by atoms with Crippen LogP contribution in [0.15, 0.2) is 33.8 Å². The number of anilines is 2.